The summed E-state index contributed by atoms with van der Waals surface area (Å²) in [6.07, 6.45) is 0.969. The van der Waals surface area contributed by atoms with Gasteiger partial charge in [-0.05, 0) is 53.3 Å². The van der Waals surface area contributed by atoms with Gasteiger partial charge in [-0.25, -0.2) is 0 Å². The average Bonchev–Trinajstić information content (AvgIpc) is 3.04. The van der Waals surface area contributed by atoms with E-state index in [9.17, 15) is 4.79 Å². The molecule has 1 aromatic heterocycles. The maximum Gasteiger partial charge on any atom is 0.254 e. The standard InChI is InChI=1S/C19H17NOS/c1-13-17-9-11-22-18(17)8-10-20(13)19(21)16-7-6-14-4-2-3-5-15(14)12-16/h2-7,9,11-13H,8,10H2,1H3/t13-/m1/s1. The lowest BCUT2D eigenvalue weighted by molar-refractivity contribution is 0.0679. The summed E-state index contributed by atoms with van der Waals surface area (Å²) in [5.41, 5.74) is 2.09. The van der Waals surface area contributed by atoms with Crippen molar-refractivity contribution in [2.45, 2.75) is 19.4 Å². The molecule has 110 valence electrons. The van der Waals surface area contributed by atoms with Crippen molar-refractivity contribution in [2.75, 3.05) is 6.54 Å². The molecule has 3 aromatic rings. The normalized spacial score (nSPS) is 17.5. The van der Waals surface area contributed by atoms with Crippen molar-refractivity contribution in [2.24, 2.45) is 0 Å². The first-order valence-electron chi connectivity index (χ1n) is 7.60. The van der Waals surface area contributed by atoms with Gasteiger partial charge in [-0.15, -0.1) is 11.3 Å². The van der Waals surface area contributed by atoms with Gasteiger partial charge in [0.1, 0.15) is 0 Å². The Hall–Kier alpha value is -2.13. The molecule has 3 heteroatoms. The third kappa shape index (κ3) is 2.13. The Balaban J connectivity index is 1.68. The molecular formula is C19H17NOS. The maximum absolute atomic E-state index is 12.9. The van der Waals surface area contributed by atoms with Crippen LogP contribution in [0.5, 0.6) is 0 Å². The second-order valence-electron chi connectivity index (χ2n) is 5.79. The van der Waals surface area contributed by atoms with E-state index in [1.165, 1.54) is 15.8 Å². The van der Waals surface area contributed by atoms with Crippen molar-refractivity contribution < 1.29 is 4.79 Å². The fourth-order valence-electron chi connectivity index (χ4n) is 3.28. The number of hydrogen-bond acceptors (Lipinski definition) is 2. The smallest absolute Gasteiger partial charge is 0.254 e. The molecule has 1 aliphatic heterocycles. The van der Waals surface area contributed by atoms with Gasteiger partial charge in [-0.1, -0.05) is 30.3 Å². The molecule has 0 saturated heterocycles. The average molecular weight is 307 g/mol. The lowest BCUT2D eigenvalue weighted by atomic mass is 9.99. The first-order chi connectivity index (χ1) is 10.7. The molecule has 2 aromatic carbocycles. The summed E-state index contributed by atoms with van der Waals surface area (Å²) in [5, 5.41) is 4.42. The van der Waals surface area contributed by atoms with Crippen molar-refractivity contribution >= 4 is 28.0 Å². The van der Waals surface area contributed by atoms with Crippen LogP contribution >= 0.6 is 11.3 Å². The Bertz CT molecular complexity index is 851. The Labute approximate surface area is 134 Å². The minimum atomic E-state index is 0.134. The van der Waals surface area contributed by atoms with Crippen molar-refractivity contribution in [3.63, 3.8) is 0 Å². The highest BCUT2D eigenvalue weighted by atomic mass is 32.1. The lowest BCUT2D eigenvalue weighted by Gasteiger charge is -2.33. The fraction of sp³-hybridized carbons (Fsp3) is 0.211. The monoisotopic (exact) mass is 307 g/mol. The van der Waals surface area contributed by atoms with Crippen molar-refractivity contribution in [3.8, 4) is 0 Å². The van der Waals surface area contributed by atoms with E-state index in [0.29, 0.717) is 0 Å². The van der Waals surface area contributed by atoms with Crippen molar-refractivity contribution in [1.29, 1.82) is 0 Å². The SMILES string of the molecule is C[C@@H]1c2ccsc2CCN1C(=O)c1ccc2ccccc2c1. The minimum absolute atomic E-state index is 0.134. The van der Waals surface area contributed by atoms with E-state index < -0.39 is 0 Å². The molecule has 0 fully saturated rings. The number of amides is 1. The van der Waals surface area contributed by atoms with Crippen LogP contribution in [0.15, 0.2) is 53.9 Å². The van der Waals surface area contributed by atoms with Crippen LogP contribution in [0.2, 0.25) is 0 Å². The molecule has 0 aliphatic carbocycles. The van der Waals surface area contributed by atoms with Crippen molar-refractivity contribution in [3.05, 3.63) is 69.9 Å². The van der Waals surface area contributed by atoms with E-state index in [1.807, 2.05) is 35.2 Å². The highest BCUT2D eigenvalue weighted by molar-refractivity contribution is 7.10. The Morgan fingerprint density at radius 1 is 1.14 bits per heavy atom. The van der Waals surface area contributed by atoms with E-state index in [0.717, 1.165) is 23.9 Å². The quantitative estimate of drug-likeness (QED) is 0.640. The van der Waals surface area contributed by atoms with Crippen LogP contribution in [-0.4, -0.2) is 17.4 Å². The van der Waals surface area contributed by atoms with Gasteiger partial charge in [0.25, 0.3) is 5.91 Å². The third-order valence-electron chi connectivity index (χ3n) is 4.53. The van der Waals surface area contributed by atoms with E-state index in [-0.39, 0.29) is 11.9 Å². The largest absolute Gasteiger partial charge is 0.331 e. The molecule has 0 spiro atoms. The number of hydrogen-bond donors (Lipinski definition) is 0. The van der Waals surface area contributed by atoms with Crippen LogP contribution in [0.3, 0.4) is 0 Å². The summed E-state index contributed by atoms with van der Waals surface area (Å²) in [4.78, 5) is 16.3. The molecule has 0 saturated carbocycles. The van der Waals surface area contributed by atoms with Crippen LogP contribution in [0.25, 0.3) is 10.8 Å². The first-order valence-corrected chi connectivity index (χ1v) is 8.48. The van der Waals surface area contributed by atoms with Gasteiger partial charge in [0.15, 0.2) is 0 Å². The zero-order valence-corrected chi connectivity index (χ0v) is 13.3. The second-order valence-corrected chi connectivity index (χ2v) is 6.79. The lowest BCUT2D eigenvalue weighted by Crippen LogP contribution is -2.38. The van der Waals surface area contributed by atoms with Gasteiger partial charge in [0.2, 0.25) is 0 Å². The highest BCUT2D eigenvalue weighted by Gasteiger charge is 2.28. The molecule has 0 unspecified atom stereocenters. The minimum Gasteiger partial charge on any atom is -0.331 e. The molecule has 2 heterocycles. The number of rotatable bonds is 1. The summed E-state index contributed by atoms with van der Waals surface area (Å²) in [7, 11) is 0. The number of carbonyl (C=O) groups is 1. The van der Waals surface area contributed by atoms with Gasteiger partial charge in [-0.3, -0.25) is 4.79 Å². The van der Waals surface area contributed by atoms with Gasteiger partial charge < -0.3 is 4.90 Å². The summed E-state index contributed by atoms with van der Waals surface area (Å²) in [6, 6.07) is 16.5. The number of carbonyl (C=O) groups excluding carboxylic acids is 1. The number of benzene rings is 2. The van der Waals surface area contributed by atoms with Gasteiger partial charge in [-0.2, -0.15) is 0 Å². The van der Waals surface area contributed by atoms with Crippen LogP contribution in [0.4, 0.5) is 0 Å². The zero-order valence-electron chi connectivity index (χ0n) is 12.5. The molecule has 0 N–H and O–H groups in total. The Kier molecular flexibility index (Phi) is 3.23. The Morgan fingerprint density at radius 3 is 2.82 bits per heavy atom. The molecule has 1 aliphatic rings. The summed E-state index contributed by atoms with van der Waals surface area (Å²) in [6.45, 7) is 2.93. The van der Waals surface area contributed by atoms with Gasteiger partial charge in [0.05, 0.1) is 6.04 Å². The topological polar surface area (TPSA) is 20.3 Å². The predicted octanol–water partition coefficient (Wildman–Crippen LogP) is 4.66. The van der Waals surface area contributed by atoms with Crippen LogP contribution in [0, 0.1) is 0 Å². The van der Waals surface area contributed by atoms with E-state index in [1.54, 1.807) is 11.3 Å². The highest BCUT2D eigenvalue weighted by Crippen LogP contribution is 2.33. The molecule has 2 nitrogen and oxygen atoms in total. The van der Waals surface area contributed by atoms with E-state index in [2.05, 4.69) is 30.5 Å². The van der Waals surface area contributed by atoms with Gasteiger partial charge >= 0.3 is 0 Å². The maximum atomic E-state index is 12.9. The molecule has 4 rings (SSSR count). The van der Waals surface area contributed by atoms with Crippen LogP contribution in [-0.2, 0) is 6.42 Å². The van der Waals surface area contributed by atoms with E-state index >= 15 is 0 Å². The molecule has 1 atom stereocenters. The van der Waals surface area contributed by atoms with E-state index in [4.69, 9.17) is 0 Å². The number of fused-ring (bicyclic) bond motifs is 2. The molecule has 0 bridgehead atoms. The third-order valence-corrected chi connectivity index (χ3v) is 5.53. The summed E-state index contributed by atoms with van der Waals surface area (Å²) < 4.78 is 0. The molecular weight excluding hydrogens is 290 g/mol. The fourth-order valence-corrected chi connectivity index (χ4v) is 4.24. The summed E-state index contributed by atoms with van der Waals surface area (Å²) in [5.74, 6) is 0.134. The predicted molar refractivity (Wildman–Crippen MR) is 91.4 cm³/mol. The molecule has 22 heavy (non-hydrogen) atoms. The molecule has 1 amide bonds. The van der Waals surface area contributed by atoms with Crippen LogP contribution < -0.4 is 0 Å². The molecule has 0 radical (unpaired) electrons. The Morgan fingerprint density at radius 2 is 1.95 bits per heavy atom. The summed E-state index contributed by atoms with van der Waals surface area (Å²) >= 11 is 1.80. The van der Waals surface area contributed by atoms with Crippen molar-refractivity contribution in [1.82, 2.24) is 4.90 Å². The zero-order chi connectivity index (χ0) is 15.1. The number of thiophene rings is 1. The van der Waals surface area contributed by atoms with Crippen LogP contribution in [0.1, 0.15) is 33.8 Å². The van der Waals surface area contributed by atoms with Gasteiger partial charge in [0, 0.05) is 17.0 Å². The second kappa shape index (κ2) is 5.25. The number of nitrogens with zero attached hydrogens (tertiary/aromatic N) is 1. The first kappa shape index (κ1) is 13.5.